The molecule has 1 aromatic heterocycles. The lowest BCUT2D eigenvalue weighted by atomic mass is 10.0. The van der Waals surface area contributed by atoms with Crippen molar-refractivity contribution in [1.82, 2.24) is 4.90 Å². The Morgan fingerprint density at radius 3 is 2.41 bits per heavy atom. The molecule has 12 heteroatoms. The molecule has 216 valence electrons. The fourth-order valence-corrected chi connectivity index (χ4v) is 7.90. The number of rotatable bonds is 7. The number of sulfonamides is 1. The highest BCUT2D eigenvalue weighted by Crippen LogP contribution is 2.38. The Morgan fingerprint density at radius 1 is 0.951 bits per heavy atom. The third-order valence-electron chi connectivity index (χ3n) is 7.06. The third-order valence-corrected chi connectivity index (χ3v) is 10.0. The smallest absolute Gasteiger partial charge is 0.410 e. The van der Waals surface area contributed by atoms with Gasteiger partial charge in [-0.05, 0) is 74.6 Å². The Morgan fingerprint density at radius 2 is 1.68 bits per heavy atom. The Bertz CT molecular complexity index is 1580. The maximum atomic E-state index is 13.5. The number of anilines is 2. The summed E-state index contributed by atoms with van der Waals surface area (Å²) in [6, 6.07) is 13.2. The molecule has 0 saturated carbocycles. The van der Waals surface area contributed by atoms with E-state index >= 15 is 0 Å². The van der Waals surface area contributed by atoms with Gasteiger partial charge in [-0.3, -0.25) is 9.10 Å². The van der Waals surface area contributed by atoms with E-state index in [1.165, 1.54) is 39.9 Å². The lowest BCUT2D eigenvalue weighted by Gasteiger charge is -2.30. The number of hydrogen-bond acceptors (Lipinski definition) is 8. The van der Waals surface area contributed by atoms with Gasteiger partial charge in [0.2, 0.25) is 0 Å². The van der Waals surface area contributed by atoms with Crippen molar-refractivity contribution in [1.29, 1.82) is 0 Å². The molecule has 0 fully saturated rings. The number of para-hydroxylation sites is 1. The van der Waals surface area contributed by atoms with Gasteiger partial charge in [0, 0.05) is 23.5 Å². The lowest BCUT2D eigenvalue weighted by molar-refractivity contribution is 0.0526. The molecule has 2 aliphatic heterocycles. The molecular formula is C29H31N3O7S2. The van der Waals surface area contributed by atoms with E-state index in [1.807, 2.05) is 24.3 Å². The van der Waals surface area contributed by atoms with E-state index < -0.39 is 28.0 Å². The van der Waals surface area contributed by atoms with E-state index in [0.717, 1.165) is 28.8 Å². The molecule has 2 aliphatic rings. The number of carbonyl (C=O) groups is 3. The Labute approximate surface area is 242 Å². The highest BCUT2D eigenvalue weighted by Gasteiger charge is 2.32. The Balaban J connectivity index is 1.37. The number of amides is 2. The van der Waals surface area contributed by atoms with E-state index in [0.29, 0.717) is 30.2 Å². The summed E-state index contributed by atoms with van der Waals surface area (Å²) in [7, 11) is -3.82. The quantitative estimate of drug-likeness (QED) is 0.387. The van der Waals surface area contributed by atoms with Gasteiger partial charge in [-0.15, -0.1) is 11.3 Å². The minimum atomic E-state index is -3.82. The molecule has 1 N–H and O–H groups in total. The number of thiophene rings is 1. The third kappa shape index (κ3) is 5.66. The molecule has 0 aliphatic carbocycles. The van der Waals surface area contributed by atoms with Crippen molar-refractivity contribution in [3.05, 3.63) is 75.7 Å². The maximum Gasteiger partial charge on any atom is 0.410 e. The van der Waals surface area contributed by atoms with Crippen LogP contribution >= 0.6 is 11.3 Å². The molecule has 5 rings (SSSR count). The molecule has 3 heterocycles. The Kier molecular flexibility index (Phi) is 8.32. The number of esters is 1. The van der Waals surface area contributed by atoms with Crippen molar-refractivity contribution >= 4 is 50.0 Å². The average molecular weight is 598 g/mol. The molecule has 10 nitrogen and oxygen atoms in total. The van der Waals surface area contributed by atoms with Gasteiger partial charge in [0.05, 0.1) is 35.9 Å². The van der Waals surface area contributed by atoms with Crippen LogP contribution < -0.4 is 9.62 Å². The van der Waals surface area contributed by atoms with Crippen LogP contribution in [0.25, 0.3) is 0 Å². The minimum absolute atomic E-state index is 0.0867. The van der Waals surface area contributed by atoms with Gasteiger partial charge < -0.3 is 19.7 Å². The van der Waals surface area contributed by atoms with E-state index in [2.05, 4.69) is 5.32 Å². The van der Waals surface area contributed by atoms with Gasteiger partial charge in [0.1, 0.15) is 5.00 Å². The highest BCUT2D eigenvalue weighted by atomic mass is 32.2. The number of nitrogens with one attached hydrogen (secondary N) is 1. The number of fused-ring (bicyclic) bond motifs is 2. The maximum absolute atomic E-state index is 13.5. The van der Waals surface area contributed by atoms with Crippen molar-refractivity contribution in [2.75, 3.05) is 35.9 Å². The van der Waals surface area contributed by atoms with Gasteiger partial charge >= 0.3 is 12.1 Å². The van der Waals surface area contributed by atoms with Crippen LogP contribution in [-0.4, -0.2) is 57.6 Å². The second-order valence-electron chi connectivity index (χ2n) is 9.59. The van der Waals surface area contributed by atoms with Gasteiger partial charge in [0.15, 0.2) is 0 Å². The van der Waals surface area contributed by atoms with E-state index in [4.69, 9.17) is 9.47 Å². The van der Waals surface area contributed by atoms with Crippen molar-refractivity contribution < 1.29 is 32.3 Å². The number of carbonyl (C=O) groups excluding carboxylic acids is 3. The molecule has 0 unspecified atom stereocenters. The van der Waals surface area contributed by atoms with Crippen LogP contribution in [0.2, 0.25) is 0 Å². The molecule has 0 atom stereocenters. The summed E-state index contributed by atoms with van der Waals surface area (Å²) in [6.45, 7) is 4.88. The molecule has 0 spiro atoms. The van der Waals surface area contributed by atoms with Crippen molar-refractivity contribution in [2.45, 2.75) is 44.6 Å². The summed E-state index contributed by atoms with van der Waals surface area (Å²) in [4.78, 5) is 40.8. The first kappa shape index (κ1) is 28.6. The summed E-state index contributed by atoms with van der Waals surface area (Å²) in [5, 5.41) is 3.14. The fourth-order valence-electron chi connectivity index (χ4n) is 5.11. The molecule has 3 aromatic rings. The van der Waals surface area contributed by atoms with Crippen LogP contribution in [0, 0.1) is 0 Å². The standard InChI is InChI=1S/C29H31N3O7S2/c1-3-38-28(34)25-22-15-17-31(29(35)39-4-2)18-24(22)40-27(25)30-26(33)20-11-13-21(14-12-20)41(36,37)32-16-7-9-19-8-5-6-10-23(19)32/h5-6,8,10-14H,3-4,7,9,15-18H2,1-2H3,(H,30,33). The first-order valence-electron chi connectivity index (χ1n) is 13.5. The predicted molar refractivity (Wildman–Crippen MR) is 155 cm³/mol. The molecule has 2 aromatic carbocycles. The number of aryl methyl sites for hydroxylation is 1. The van der Waals surface area contributed by atoms with Gasteiger partial charge in [-0.1, -0.05) is 18.2 Å². The summed E-state index contributed by atoms with van der Waals surface area (Å²) < 4.78 is 38.7. The summed E-state index contributed by atoms with van der Waals surface area (Å²) in [6.07, 6.45) is 1.53. The minimum Gasteiger partial charge on any atom is -0.462 e. The topological polar surface area (TPSA) is 122 Å². The normalized spacial score (nSPS) is 14.6. The lowest BCUT2D eigenvalue weighted by Crippen LogP contribution is -2.36. The monoisotopic (exact) mass is 597 g/mol. The molecular weight excluding hydrogens is 566 g/mol. The van der Waals surface area contributed by atoms with Crippen LogP contribution in [0.15, 0.2) is 53.4 Å². The first-order valence-corrected chi connectivity index (χ1v) is 15.8. The van der Waals surface area contributed by atoms with Crippen molar-refractivity contribution in [2.24, 2.45) is 0 Å². The van der Waals surface area contributed by atoms with Crippen molar-refractivity contribution in [3.63, 3.8) is 0 Å². The van der Waals surface area contributed by atoms with Crippen molar-refractivity contribution in [3.8, 4) is 0 Å². The highest BCUT2D eigenvalue weighted by molar-refractivity contribution is 7.92. The van der Waals surface area contributed by atoms with Crippen LogP contribution in [-0.2, 0) is 38.9 Å². The van der Waals surface area contributed by atoms with E-state index in [9.17, 15) is 22.8 Å². The fraction of sp³-hybridized carbons (Fsp3) is 0.345. The van der Waals surface area contributed by atoms with Gasteiger partial charge in [0.25, 0.3) is 15.9 Å². The molecule has 0 saturated heterocycles. The van der Waals surface area contributed by atoms with Gasteiger partial charge in [-0.2, -0.15) is 0 Å². The first-order chi connectivity index (χ1) is 19.7. The second-order valence-corrected chi connectivity index (χ2v) is 12.6. The van der Waals surface area contributed by atoms with E-state index in [1.54, 1.807) is 18.7 Å². The zero-order chi connectivity index (χ0) is 29.1. The zero-order valence-corrected chi connectivity index (χ0v) is 24.5. The largest absolute Gasteiger partial charge is 0.462 e. The summed E-state index contributed by atoms with van der Waals surface area (Å²) in [5.41, 5.74) is 2.92. The molecule has 0 radical (unpaired) electrons. The van der Waals surface area contributed by atoms with Crippen LogP contribution in [0.1, 0.15) is 57.0 Å². The summed E-state index contributed by atoms with van der Waals surface area (Å²) in [5.74, 6) is -1.04. The summed E-state index contributed by atoms with van der Waals surface area (Å²) >= 11 is 1.21. The number of hydrogen-bond donors (Lipinski definition) is 1. The zero-order valence-electron chi connectivity index (χ0n) is 22.8. The van der Waals surface area contributed by atoms with Crippen LogP contribution in [0.5, 0.6) is 0 Å². The van der Waals surface area contributed by atoms with Crippen LogP contribution in [0.3, 0.4) is 0 Å². The number of ether oxygens (including phenoxy) is 2. The number of nitrogens with zero attached hydrogens (tertiary/aromatic N) is 2. The predicted octanol–water partition coefficient (Wildman–Crippen LogP) is 4.83. The molecule has 0 bridgehead atoms. The molecule has 41 heavy (non-hydrogen) atoms. The Hall–Kier alpha value is -3.90. The van der Waals surface area contributed by atoms with E-state index in [-0.39, 0.29) is 35.8 Å². The number of benzene rings is 2. The molecule has 2 amide bonds. The second kappa shape index (κ2) is 11.9. The van der Waals surface area contributed by atoms with Crippen LogP contribution in [0.4, 0.5) is 15.5 Å². The van der Waals surface area contributed by atoms with Gasteiger partial charge in [-0.25, -0.2) is 18.0 Å². The SMILES string of the molecule is CCOC(=O)c1c(NC(=O)c2ccc(S(=O)(=O)N3CCCc4ccccc43)cc2)sc2c1CCN(C(=O)OCC)C2. The average Bonchev–Trinajstić information content (AvgIpc) is 3.34.